The number of hydrogen-bond acceptors (Lipinski definition) is 4. The zero-order valence-corrected chi connectivity index (χ0v) is 18.9. The molecule has 0 spiro atoms. The zero-order chi connectivity index (χ0) is 22.6. The number of aromatic carboxylic acids is 1. The van der Waals surface area contributed by atoms with Crippen LogP contribution in [0.4, 0.5) is 10.1 Å². The summed E-state index contributed by atoms with van der Waals surface area (Å²) in [5.41, 5.74) is 0.556. The molecule has 1 fully saturated rings. The quantitative estimate of drug-likeness (QED) is 0.620. The second kappa shape index (κ2) is 9.97. The minimum Gasteiger partial charge on any atom is -0.478 e. The smallest absolute Gasteiger partial charge is 0.337 e. The van der Waals surface area contributed by atoms with Gasteiger partial charge in [0.25, 0.3) is 0 Å². The molecule has 0 bridgehead atoms. The molecule has 1 saturated heterocycles. The zero-order valence-electron chi connectivity index (χ0n) is 17.4. The predicted molar refractivity (Wildman–Crippen MR) is 119 cm³/mol. The summed E-state index contributed by atoms with van der Waals surface area (Å²) in [7, 11) is -4.07. The van der Waals surface area contributed by atoms with Crippen LogP contribution in [0.1, 0.15) is 42.1 Å². The van der Waals surface area contributed by atoms with E-state index < -0.39 is 21.8 Å². The van der Waals surface area contributed by atoms with Crippen molar-refractivity contribution in [3.8, 4) is 0 Å². The molecule has 31 heavy (non-hydrogen) atoms. The molecule has 1 aliphatic heterocycles. The Hall–Kier alpha value is -2.16. The molecule has 0 saturated carbocycles. The van der Waals surface area contributed by atoms with Crippen LogP contribution in [0.25, 0.3) is 0 Å². The van der Waals surface area contributed by atoms with Crippen LogP contribution >= 0.6 is 11.6 Å². The molecule has 0 atom stereocenters. The maximum atomic E-state index is 15.0. The van der Waals surface area contributed by atoms with Crippen molar-refractivity contribution in [2.24, 2.45) is 0 Å². The molecule has 0 aromatic heterocycles. The average Bonchev–Trinajstić information content (AvgIpc) is 2.75. The lowest BCUT2D eigenvalue weighted by Crippen LogP contribution is -2.34. The van der Waals surface area contributed by atoms with Gasteiger partial charge in [-0.15, -0.1) is 0 Å². The fourth-order valence-electron chi connectivity index (χ4n) is 3.83. The normalized spacial score (nSPS) is 14.8. The Morgan fingerprint density at radius 1 is 1.16 bits per heavy atom. The summed E-state index contributed by atoms with van der Waals surface area (Å²) in [6.45, 7) is 3.14. The first kappa shape index (κ1) is 23.5. The van der Waals surface area contributed by atoms with Crippen molar-refractivity contribution in [1.29, 1.82) is 0 Å². The number of piperidine rings is 1. The molecule has 0 unspecified atom stereocenters. The van der Waals surface area contributed by atoms with E-state index >= 15 is 4.39 Å². The van der Waals surface area contributed by atoms with E-state index in [0.717, 1.165) is 37.0 Å². The van der Waals surface area contributed by atoms with Crippen molar-refractivity contribution in [1.82, 2.24) is 4.31 Å². The number of hydrogen-bond donors (Lipinski definition) is 1. The SMILES string of the molecule is CCN(CCc1ccc(Cl)cc1)S(=O)(=O)c1cc(F)c(N2CCCCC2)c(C(=O)O)c1. The lowest BCUT2D eigenvalue weighted by atomic mass is 10.1. The van der Waals surface area contributed by atoms with Gasteiger partial charge >= 0.3 is 5.97 Å². The molecule has 0 aliphatic carbocycles. The van der Waals surface area contributed by atoms with Crippen LogP contribution < -0.4 is 4.90 Å². The van der Waals surface area contributed by atoms with Gasteiger partial charge in [0.1, 0.15) is 5.82 Å². The van der Waals surface area contributed by atoms with Crippen molar-refractivity contribution in [3.63, 3.8) is 0 Å². The predicted octanol–water partition coefficient (Wildman–Crippen LogP) is 4.42. The lowest BCUT2D eigenvalue weighted by Gasteiger charge is -2.30. The molecule has 1 N–H and O–H groups in total. The molecular weight excluding hydrogens is 443 g/mol. The number of likely N-dealkylation sites (N-methyl/N-ethyl adjacent to an activating group) is 1. The van der Waals surface area contributed by atoms with Crippen molar-refractivity contribution < 1.29 is 22.7 Å². The van der Waals surface area contributed by atoms with Crippen LogP contribution in [0.15, 0.2) is 41.3 Å². The first-order valence-electron chi connectivity index (χ1n) is 10.3. The Morgan fingerprint density at radius 2 is 1.81 bits per heavy atom. The third-order valence-corrected chi connectivity index (χ3v) is 7.70. The average molecular weight is 469 g/mol. The summed E-state index contributed by atoms with van der Waals surface area (Å²) in [6.07, 6.45) is 3.14. The van der Waals surface area contributed by atoms with E-state index in [2.05, 4.69) is 0 Å². The van der Waals surface area contributed by atoms with E-state index in [9.17, 15) is 18.3 Å². The largest absolute Gasteiger partial charge is 0.478 e. The van der Waals surface area contributed by atoms with E-state index in [-0.39, 0.29) is 29.2 Å². The van der Waals surface area contributed by atoms with E-state index in [0.29, 0.717) is 24.5 Å². The number of carboxylic acid groups (broad SMARTS) is 1. The second-order valence-corrected chi connectivity index (χ2v) is 9.90. The summed E-state index contributed by atoms with van der Waals surface area (Å²) >= 11 is 5.89. The molecule has 1 heterocycles. The number of carboxylic acids is 1. The molecule has 0 amide bonds. The first-order chi connectivity index (χ1) is 14.7. The van der Waals surface area contributed by atoms with Crippen LogP contribution in [0.2, 0.25) is 5.02 Å². The number of benzene rings is 2. The Balaban J connectivity index is 1.91. The number of carbonyl (C=O) groups is 1. The van der Waals surface area contributed by atoms with E-state index in [1.807, 2.05) is 12.1 Å². The molecule has 6 nitrogen and oxygen atoms in total. The second-order valence-electron chi connectivity index (χ2n) is 7.53. The number of anilines is 1. The van der Waals surface area contributed by atoms with Gasteiger partial charge < -0.3 is 10.0 Å². The van der Waals surface area contributed by atoms with Crippen LogP contribution in [0.3, 0.4) is 0 Å². The minimum atomic E-state index is -4.07. The van der Waals surface area contributed by atoms with Gasteiger partial charge in [-0.2, -0.15) is 4.31 Å². The highest BCUT2D eigenvalue weighted by Gasteiger charge is 2.29. The van der Waals surface area contributed by atoms with E-state index in [1.54, 1.807) is 24.0 Å². The summed E-state index contributed by atoms with van der Waals surface area (Å²) in [5, 5.41) is 10.3. The summed E-state index contributed by atoms with van der Waals surface area (Å²) in [6, 6.07) is 9.12. The van der Waals surface area contributed by atoms with Gasteiger partial charge in [-0.1, -0.05) is 30.7 Å². The molecule has 1 aliphatic rings. The highest BCUT2D eigenvalue weighted by atomic mass is 35.5. The number of rotatable bonds is 8. The van der Waals surface area contributed by atoms with Crippen LogP contribution in [0, 0.1) is 5.82 Å². The van der Waals surface area contributed by atoms with Crippen molar-refractivity contribution >= 4 is 33.3 Å². The Kier molecular flexibility index (Phi) is 7.56. The molecular formula is C22H26ClFN2O4S. The number of nitrogens with zero attached hydrogens (tertiary/aromatic N) is 2. The topological polar surface area (TPSA) is 77.9 Å². The van der Waals surface area contributed by atoms with Crippen molar-refractivity contribution in [2.75, 3.05) is 31.1 Å². The molecule has 2 aromatic rings. The van der Waals surface area contributed by atoms with Gasteiger partial charge in [-0.05, 0) is 55.5 Å². The van der Waals surface area contributed by atoms with Gasteiger partial charge in [0.05, 0.1) is 16.1 Å². The van der Waals surface area contributed by atoms with Crippen molar-refractivity contribution in [3.05, 3.63) is 58.4 Å². The number of halogens is 2. The van der Waals surface area contributed by atoms with Gasteiger partial charge in [-0.25, -0.2) is 17.6 Å². The minimum absolute atomic E-state index is 0.0321. The molecule has 9 heteroatoms. The van der Waals surface area contributed by atoms with Gasteiger partial charge in [0.2, 0.25) is 10.0 Å². The number of sulfonamides is 1. The fraction of sp³-hybridized carbons (Fsp3) is 0.409. The van der Waals surface area contributed by atoms with Gasteiger partial charge in [-0.3, -0.25) is 0 Å². The van der Waals surface area contributed by atoms with Gasteiger partial charge in [0, 0.05) is 31.2 Å². The first-order valence-corrected chi connectivity index (χ1v) is 12.1. The third-order valence-electron chi connectivity index (χ3n) is 5.49. The molecule has 168 valence electrons. The van der Waals surface area contributed by atoms with Gasteiger partial charge in [0.15, 0.2) is 0 Å². The maximum Gasteiger partial charge on any atom is 0.337 e. The Morgan fingerprint density at radius 3 is 2.39 bits per heavy atom. The lowest BCUT2D eigenvalue weighted by molar-refractivity contribution is 0.0696. The summed E-state index contributed by atoms with van der Waals surface area (Å²) in [5.74, 6) is -2.17. The Bertz CT molecular complexity index is 1040. The highest BCUT2D eigenvalue weighted by Crippen LogP contribution is 2.31. The van der Waals surface area contributed by atoms with Crippen LogP contribution in [0.5, 0.6) is 0 Å². The summed E-state index contributed by atoms with van der Waals surface area (Å²) < 4.78 is 42.6. The Labute approximate surface area is 187 Å². The molecule has 0 radical (unpaired) electrons. The van der Waals surface area contributed by atoms with E-state index in [1.165, 1.54) is 4.31 Å². The highest BCUT2D eigenvalue weighted by molar-refractivity contribution is 7.89. The van der Waals surface area contributed by atoms with E-state index in [4.69, 9.17) is 11.6 Å². The maximum absolute atomic E-state index is 15.0. The molecule has 2 aromatic carbocycles. The molecule has 3 rings (SSSR count). The fourth-order valence-corrected chi connectivity index (χ4v) is 5.44. The third kappa shape index (κ3) is 5.37. The van der Waals surface area contributed by atoms with Crippen LogP contribution in [-0.4, -0.2) is 50.0 Å². The van der Waals surface area contributed by atoms with Crippen LogP contribution in [-0.2, 0) is 16.4 Å². The van der Waals surface area contributed by atoms with Crippen molar-refractivity contribution in [2.45, 2.75) is 37.5 Å². The summed E-state index contributed by atoms with van der Waals surface area (Å²) in [4.78, 5) is 13.2. The standard InChI is InChI=1S/C22H26ClFN2O4S/c1-2-26(13-10-16-6-8-17(23)9-7-16)31(29,30)18-14-19(22(27)28)21(20(24)15-18)25-11-4-3-5-12-25/h6-9,14-15H,2-5,10-13H2,1H3,(H,27,28). The monoisotopic (exact) mass is 468 g/mol.